The third-order valence-electron chi connectivity index (χ3n) is 8.84. The van der Waals surface area contributed by atoms with Crippen molar-refractivity contribution in [3.8, 4) is 57.4 Å². The van der Waals surface area contributed by atoms with Crippen LogP contribution in [0, 0.1) is 0 Å². The second-order valence-corrected chi connectivity index (χ2v) is 14.8. The zero-order valence-corrected chi connectivity index (χ0v) is 34.1. The van der Waals surface area contributed by atoms with Gasteiger partial charge in [0.1, 0.15) is 22.0 Å². The topological polar surface area (TPSA) is 226 Å². The number of nitrogens with zero attached hydrogens (tertiary/aromatic N) is 6. The molecule has 3 N–H and O–H groups in total. The molecule has 0 unspecified atom stereocenters. The summed E-state index contributed by atoms with van der Waals surface area (Å²) in [6, 6.07) is 14.3. The maximum absolute atomic E-state index is 10.9. The minimum Gasteiger partial charge on any atom is -0.489 e. The number of aryl methyl sites for hydroxylation is 2. The molecule has 0 aliphatic carbocycles. The van der Waals surface area contributed by atoms with Crippen molar-refractivity contribution in [2.24, 2.45) is 0 Å². The molecule has 60 heavy (non-hydrogen) atoms. The Hall–Kier alpha value is -6.78. The van der Waals surface area contributed by atoms with Crippen LogP contribution < -0.4 is 9.47 Å². The smallest absolute Gasteiger partial charge is 0.303 e. The summed E-state index contributed by atoms with van der Waals surface area (Å²) in [7, 11) is 0. The fraction of sp³-hybridized carbons (Fsp3) is 0.238. The Bertz CT molecular complexity index is 2620. The number of hydrogen-bond donors (Lipinski definition) is 3. The van der Waals surface area contributed by atoms with Crippen molar-refractivity contribution in [3.63, 3.8) is 0 Å². The predicted molar refractivity (Wildman–Crippen MR) is 221 cm³/mol. The van der Waals surface area contributed by atoms with Crippen molar-refractivity contribution in [1.82, 2.24) is 35.2 Å². The van der Waals surface area contributed by atoms with E-state index in [4.69, 9.17) is 56.4 Å². The normalized spacial score (nSPS) is 11.3. The van der Waals surface area contributed by atoms with E-state index in [1.165, 1.54) is 0 Å². The Labute approximate surface area is 351 Å². The van der Waals surface area contributed by atoms with Crippen LogP contribution in [0.25, 0.3) is 67.7 Å². The number of ether oxygens (including phenoxy) is 2. The van der Waals surface area contributed by atoms with E-state index in [9.17, 15) is 9.59 Å². The predicted octanol–water partition coefficient (Wildman–Crippen LogP) is 9.74. The number of aromatic nitrogens is 7. The van der Waals surface area contributed by atoms with Gasteiger partial charge in [0.05, 0.1) is 34.6 Å². The van der Waals surface area contributed by atoms with E-state index in [0.717, 1.165) is 27.4 Å². The standard InChI is InChI=1S/C21H19ClN4O4.C21H18ClN3O5/c1-11(2)29-16-5-3-12(9-15(16)22)21-25-20(26-30-21)19-18-14(7-8-23-18)13(10-24-19)4-6-17(27)28;1-11(2)29-21-16(22)9-13(10-23-21)20-24-19(25-30-20)15-5-3-12(4-6-17(26)27)18-14(15)7-8-28-18/h3,5,7-11,23H,4,6H2,1-2H3,(H,27,28);3,5,7-11H,4,6H2,1-2H3,(H,26,27). The molecular formula is C42H37Cl2N7O9. The maximum atomic E-state index is 10.9. The van der Waals surface area contributed by atoms with Crippen molar-refractivity contribution in [1.29, 1.82) is 0 Å². The molecule has 16 nitrogen and oxygen atoms in total. The summed E-state index contributed by atoms with van der Waals surface area (Å²) in [5.74, 6) is 0.476. The molecule has 0 fully saturated rings. The van der Waals surface area contributed by atoms with Crippen molar-refractivity contribution < 1.29 is 42.7 Å². The number of hydrogen-bond acceptors (Lipinski definition) is 13. The minimum atomic E-state index is -0.862. The fourth-order valence-electron chi connectivity index (χ4n) is 6.20. The molecule has 0 amide bonds. The number of aromatic amines is 1. The molecule has 8 rings (SSSR count). The average molecular weight is 855 g/mol. The molecule has 308 valence electrons. The quantitative estimate of drug-likeness (QED) is 0.0925. The first-order chi connectivity index (χ1) is 28.8. The highest BCUT2D eigenvalue weighted by Gasteiger charge is 2.20. The van der Waals surface area contributed by atoms with Gasteiger partial charge in [-0.2, -0.15) is 9.97 Å². The van der Waals surface area contributed by atoms with Gasteiger partial charge in [-0.05, 0) is 94.1 Å². The van der Waals surface area contributed by atoms with E-state index in [1.807, 2.05) is 45.9 Å². The SMILES string of the molecule is CC(C)Oc1ccc(-c2nc(-c3ncc(CCC(=O)O)c4cc[nH]c34)no2)cc1Cl.CC(C)Oc1ncc(-c2nc(-c3ccc(CCC(=O)O)c4occc34)no2)cc1Cl. The molecule has 0 atom stereocenters. The van der Waals surface area contributed by atoms with Crippen LogP contribution in [-0.2, 0) is 22.4 Å². The van der Waals surface area contributed by atoms with Gasteiger partial charge >= 0.3 is 11.9 Å². The second kappa shape index (κ2) is 18.0. The van der Waals surface area contributed by atoms with Crippen LogP contribution in [0.15, 0.2) is 86.8 Å². The van der Waals surface area contributed by atoms with Crippen LogP contribution in [0.2, 0.25) is 10.0 Å². The first kappa shape index (κ1) is 41.4. The fourth-order valence-corrected chi connectivity index (χ4v) is 6.63. The molecule has 18 heteroatoms. The highest BCUT2D eigenvalue weighted by molar-refractivity contribution is 6.32. The summed E-state index contributed by atoms with van der Waals surface area (Å²) in [5.41, 5.74) is 5.45. The first-order valence-electron chi connectivity index (χ1n) is 18.7. The van der Waals surface area contributed by atoms with Gasteiger partial charge in [-0.3, -0.25) is 14.6 Å². The summed E-state index contributed by atoms with van der Waals surface area (Å²) in [6.07, 6.45) is 7.30. The summed E-state index contributed by atoms with van der Waals surface area (Å²) in [6.45, 7) is 7.63. The largest absolute Gasteiger partial charge is 0.489 e. The Morgan fingerprint density at radius 3 is 2.13 bits per heavy atom. The number of carboxylic acids is 2. The Kier molecular flexibility index (Phi) is 12.4. The molecule has 0 saturated carbocycles. The third kappa shape index (κ3) is 9.40. The number of carbonyl (C=O) groups is 2. The van der Waals surface area contributed by atoms with Crippen molar-refractivity contribution in [2.75, 3.05) is 0 Å². The van der Waals surface area contributed by atoms with Crippen molar-refractivity contribution >= 4 is 57.0 Å². The lowest BCUT2D eigenvalue weighted by Crippen LogP contribution is -2.07. The number of fused-ring (bicyclic) bond motifs is 2. The van der Waals surface area contributed by atoms with Gasteiger partial charge in [0, 0.05) is 53.3 Å². The number of furan rings is 1. The Balaban J connectivity index is 0.000000181. The lowest BCUT2D eigenvalue weighted by atomic mass is 10.0. The number of benzene rings is 2. The molecule has 0 radical (unpaired) electrons. The van der Waals surface area contributed by atoms with Gasteiger partial charge in [-0.25, -0.2) is 4.98 Å². The molecule has 0 saturated heterocycles. The van der Waals surface area contributed by atoms with E-state index in [1.54, 1.807) is 55.2 Å². The van der Waals surface area contributed by atoms with E-state index in [2.05, 4.69) is 35.2 Å². The number of aliphatic carboxylic acids is 2. The summed E-state index contributed by atoms with van der Waals surface area (Å²) >= 11 is 12.6. The lowest BCUT2D eigenvalue weighted by Gasteiger charge is -2.11. The summed E-state index contributed by atoms with van der Waals surface area (Å²) in [5, 5.41) is 28.5. The number of rotatable bonds is 14. The Morgan fingerprint density at radius 1 is 0.750 bits per heavy atom. The summed E-state index contributed by atoms with van der Waals surface area (Å²) < 4.78 is 27.6. The van der Waals surface area contributed by atoms with Crippen molar-refractivity contribution in [3.05, 3.63) is 94.6 Å². The van der Waals surface area contributed by atoms with E-state index in [0.29, 0.717) is 80.0 Å². The van der Waals surface area contributed by atoms with Gasteiger partial charge in [0.15, 0.2) is 0 Å². The van der Waals surface area contributed by atoms with Gasteiger partial charge in [-0.15, -0.1) is 0 Å². The molecule has 8 aromatic rings. The average Bonchev–Trinajstić information content (AvgIpc) is 4.05. The van der Waals surface area contributed by atoms with Gasteiger partial charge in [0.2, 0.25) is 17.5 Å². The number of carboxylic acid groups (broad SMARTS) is 2. The van der Waals surface area contributed by atoms with Crippen molar-refractivity contribution in [2.45, 2.75) is 65.6 Å². The monoisotopic (exact) mass is 853 g/mol. The lowest BCUT2D eigenvalue weighted by molar-refractivity contribution is -0.138. The van der Waals surface area contributed by atoms with E-state index >= 15 is 0 Å². The molecular weight excluding hydrogens is 817 g/mol. The Morgan fingerprint density at radius 2 is 1.43 bits per heavy atom. The highest BCUT2D eigenvalue weighted by Crippen LogP contribution is 2.35. The molecule has 0 aliphatic rings. The highest BCUT2D eigenvalue weighted by atomic mass is 35.5. The number of H-pyrrole nitrogens is 1. The zero-order valence-electron chi connectivity index (χ0n) is 32.6. The van der Waals surface area contributed by atoms with Crippen LogP contribution in [0.3, 0.4) is 0 Å². The molecule has 6 aromatic heterocycles. The second-order valence-electron chi connectivity index (χ2n) is 14.0. The van der Waals surface area contributed by atoms with Crippen LogP contribution in [0.5, 0.6) is 11.6 Å². The van der Waals surface area contributed by atoms with Crippen LogP contribution in [0.4, 0.5) is 0 Å². The molecule has 0 bridgehead atoms. The maximum Gasteiger partial charge on any atom is 0.303 e. The molecule has 0 spiro atoms. The van der Waals surface area contributed by atoms with Gasteiger partial charge in [0.25, 0.3) is 11.8 Å². The van der Waals surface area contributed by atoms with Crippen LogP contribution in [-0.4, -0.2) is 69.6 Å². The van der Waals surface area contributed by atoms with Gasteiger partial charge < -0.3 is 38.1 Å². The third-order valence-corrected chi connectivity index (χ3v) is 9.41. The number of pyridine rings is 2. The van der Waals surface area contributed by atoms with E-state index in [-0.39, 0.29) is 30.9 Å². The minimum absolute atomic E-state index is 0.0103. The molecule has 6 heterocycles. The van der Waals surface area contributed by atoms with Crippen LogP contribution in [0.1, 0.15) is 51.7 Å². The molecule has 2 aromatic carbocycles. The summed E-state index contributed by atoms with van der Waals surface area (Å²) in [4.78, 5) is 42.5. The van der Waals surface area contributed by atoms with Crippen LogP contribution >= 0.6 is 23.2 Å². The molecule has 0 aliphatic heterocycles. The number of nitrogens with one attached hydrogen (secondary N) is 1. The van der Waals surface area contributed by atoms with Gasteiger partial charge in [-0.1, -0.05) is 39.6 Å². The zero-order chi connectivity index (χ0) is 42.5. The number of halogens is 2. The first-order valence-corrected chi connectivity index (χ1v) is 19.4. The van der Waals surface area contributed by atoms with E-state index < -0.39 is 11.9 Å².